The maximum Gasteiger partial charge on any atom is 0.163 e. The second kappa shape index (κ2) is 7.89. The number of benzene rings is 3. The van der Waals surface area contributed by atoms with Crippen molar-refractivity contribution in [3.05, 3.63) is 66.0 Å². The number of H-pyrrole nitrogens is 1. The first-order chi connectivity index (χ1) is 16.8. The lowest BCUT2D eigenvalue weighted by molar-refractivity contribution is -0.138. The minimum Gasteiger partial charge on any atom is -0.493 e. The Morgan fingerprint density at radius 2 is 1.89 bits per heavy atom. The fraction of sp³-hybridized carbons (Fsp3) is 0.276. The van der Waals surface area contributed by atoms with Gasteiger partial charge < -0.3 is 9.47 Å². The molecule has 0 amide bonds. The minimum atomic E-state index is -0.767. The third kappa shape index (κ3) is 3.48. The van der Waals surface area contributed by atoms with Crippen LogP contribution in [0.2, 0.25) is 0 Å². The molecule has 1 N–H and O–H groups in total. The highest BCUT2D eigenvalue weighted by Gasteiger charge is 2.32. The SMILES string of the molecule is CC(=O)C(OC(C)(C)C)c1c(-c2ccc3c4c(ccnc24)CCO3)c2ccccc2c2[nH]ncc12. The Balaban J connectivity index is 1.79. The first-order valence-electron chi connectivity index (χ1n) is 11.9. The van der Waals surface area contributed by atoms with Gasteiger partial charge in [0.1, 0.15) is 11.9 Å². The quantitative estimate of drug-likeness (QED) is 0.336. The van der Waals surface area contributed by atoms with E-state index in [2.05, 4.69) is 34.5 Å². The minimum absolute atomic E-state index is 0.0574. The Hall–Kier alpha value is -3.77. The normalized spacial score (nSPS) is 14.4. The monoisotopic (exact) mass is 465 g/mol. The Kier molecular flexibility index (Phi) is 4.90. The van der Waals surface area contributed by atoms with E-state index in [0.29, 0.717) is 6.61 Å². The summed E-state index contributed by atoms with van der Waals surface area (Å²) in [5.74, 6) is 0.792. The van der Waals surface area contributed by atoms with E-state index in [0.717, 1.165) is 61.4 Å². The van der Waals surface area contributed by atoms with Crippen LogP contribution in [0.1, 0.15) is 44.9 Å². The van der Waals surface area contributed by atoms with Gasteiger partial charge in [-0.2, -0.15) is 5.10 Å². The van der Waals surface area contributed by atoms with Crippen LogP contribution in [-0.4, -0.2) is 33.2 Å². The zero-order chi connectivity index (χ0) is 24.3. The number of hydrogen-bond donors (Lipinski definition) is 1. The highest BCUT2D eigenvalue weighted by atomic mass is 16.5. The van der Waals surface area contributed by atoms with Crippen molar-refractivity contribution in [2.24, 2.45) is 0 Å². The average Bonchev–Trinajstić information content (AvgIpc) is 3.32. The molecule has 3 aromatic carbocycles. The number of hydrogen-bond acceptors (Lipinski definition) is 5. The molecule has 0 radical (unpaired) electrons. The van der Waals surface area contributed by atoms with Gasteiger partial charge >= 0.3 is 0 Å². The molecule has 5 aromatic rings. The maximum absolute atomic E-state index is 13.1. The zero-order valence-electron chi connectivity index (χ0n) is 20.3. The predicted molar refractivity (Wildman–Crippen MR) is 138 cm³/mol. The number of ether oxygens (including phenoxy) is 2. The second-order valence-corrected chi connectivity index (χ2v) is 10.1. The van der Waals surface area contributed by atoms with E-state index in [1.54, 1.807) is 13.1 Å². The standard InChI is InChI=1S/C29H27N3O3/c1-16(33)28(35-29(2,3)4)25-21-15-31-32-26(21)19-8-6-5-7-18(19)24(25)20-9-10-22-23-17(12-14-34-22)11-13-30-27(20)23/h5-11,13,15,28H,12,14H2,1-4H3,(H,31,32). The Bertz CT molecular complexity index is 1620. The van der Waals surface area contributed by atoms with Crippen molar-refractivity contribution in [2.75, 3.05) is 6.61 Å². The van der Waals surface area contributed by atoms with Crippen molar-refractivity contribution in [3.8, 4) is 16.9 Å². The fourth-order valence-corrected chi connectivity index (χ4v) is 5.26. The summed E-state index contributed by atoms with van der Waals surface area (Å²) in [6.45, 7) is 8.16. The third-order valence-electron chi connectivity index (χ3n) is 6.61. The van der Waals surface area contributed by atoms with E-state index in [1.807, 2.05) is 45.2 Å². The van der Waals surface area contributed by atoms with E-state index in [1.165, 1.54) is 5.56 Å². The largest absolute Gasteiger partial charge is 0.493 e. The van der Waals surface area contributed by atoms with Crippen LogP contribution in [0.15, 0.2) is 54.9 Å². The molecule has 0 spiro atoms. The molecule has 0 saturated carbocycles. The second-order valence-electron chi connectivity index (χ2n) is 10.1. The van der Waals surface area contributed by atoms with Gasteiger partial charge in [-0.25, -0.2) is 0 Å². The van der Waals surface area contributed by atoms with Gasteiger partial charge in [-0.05, 0) is 62.4 Å². The van der Waals surface area contributed by atoms with Gasteiger partial charge in [0.2, 0.25) is 0 Å². The summed E-state index contributed by atoms with van der Waals surface area (Å²) in [6.07, 6.45) is 3.73. The Morgan fingerprint density at radius 3 is 2.66 bits per heavy atom. The summed E-state index contributed by atoms with van der Waals surface area (Å²) in [6, 6.07) is 14.4. The maximum atomic E-state index is 13.1. The van der Waals surface area contributed by atoms with Crippen molar-refractivity contribution in [1.82, 2.24) is 15.2 Å². The highest BCUT2D eigenvalue weighted by Crippen LogP contribution is 2.46. The number of aromatic nitrogens is 3. The molecule has 2 aromatic heterocycles. The summed E-state index contributed by atoms with van der Waals surface area (Å²) in [7, 11) is 0. The molecule has 1 unspecified atom stereocenters. The highest BCUT2D eigenvalue weighted by molar-refractivity contribution is 6.18. The lowest BCUT2D eigenvalue weighted by Crippen LogP contribution is -2.27. The van der Waals surface area contributed by atoms with Crippen LogP contribution in [0.4, 0.5) is 0 Å². The number of rotatable bonds is 4. The molecular formula is C29H27N3O3. The van der Waals surface area contributed by atoms with Gasteiger partial charge in [-0.3, -0.25) is 14.9 Å². The summed E-state index contributed by atoms with van der Waals surface area (Å²) >= 11 is 0. The van der Waals surface area contributed by atoms with Crippen molar-refractivity contribution in [3.63, 3.8) is 0 Å². The van der Waals surface area contributed by atoms with E-state index >= 15 is 0 Å². The number of carbonyl (C=O) groups is 1. The number of carbonyl (C=O) groups excluding carboxylic acids is 1. The number of Topliss-reactive ketones (excluding diaryl/α,β-unsaturated/α-hetero) is 1. The van der Waals surface area contributed by atoms with Crippen LogP contribution in [0.5, 0.6) is 5.75 Å². The van der Waals surface area contributed by atoms with Gasteiger partial charge in [0, 0.05) is 39.9 Å². The van der Waals surface area contributed by atoms with Crippen LogP contribution in [-0.2, 0) is 16.0 Å². The van der Waals surface area contributed by atoms with Crippen molar-refractivity contribution >= 4 is 38.4 Å². The first-order valence-corrected chi connectivity index (χ1v) is 11.9. The molecule has 1 aliphatic heterocycles. The van der Waals surface area contributed by atoms with Gasteiger partial charge in [-0.1, -0.05) is 24.3 Å². The van der Waals surface area contributed by atoms with Crippen molar-refractivity contribution < 1.29 is 14.3 Å². The molecule has 35 heavy (non-hydrogen) atoms. The predicted octanol–water partition coefficient (Wildman–Crippen LogP) is 6.31. The summed E-state index contributed by atoms with van der Waals surface area (Å²) in [4.78, 5) is 18.0. The fourth-order valence-electron chi connectivity index (χ4n) is 5.26. The smallest absolute Gasteiger partial charge is 0.163 e. The van der Waals surface area contributed by atoms with Crippen LogP contribution < -0.4 is 4.74 Å². The topological polar surface area (TPSA) is 77.1 Å². The van der Waals surface area contributed by atoms with Crippen LogP contribution in [0.3, 0.4) is 0 Å². The molecule has 3 heterocycles. The van der Waals surface area contributed by atoms with Crippen LogP contribution >= 0.6 is 0 Å². The lowest BCUT2D eigenvalue weighted by atomic mass is 9.85. The molecule has 6 nitrogen and oxygen atoms in total. The Labute approximate surface area is 203 Å². The van der Waals surface area contributed by atoms with E-state index in [9.17, 15) is 4.79 Å². The first kappa shape index (κ1) is 21.7. The number of nitrogens with zero attached hydrogens (tertiary/aromatic N) is 2. The number of nitrogens with one attached hydrogen (secondary N) is 1. The number of aromatic amines is 1. The summed E-state index contributed by atoms with van der Waals surface area (Å²) in [5, 5.41) is 11.5. The van der Waals surface area contributed by atoms with Gasteiger partial charge in [0.05, 0.1) is 29.4 Å². The summed E-state index contributed by atoms with van der Waals surface area (Å²) in [5.41, 5.74) is 5.17. The van der Waals surface area contributed by atoms with Crippen LogP contribution in [0.25, 0.3) is 43.7 Å². The molecule has 176 valence electrons. The van der Waals surface area contributed by atoms with E-state index in [4.69, 9.17) is 14.5 Å². The zero-order valence-corrected chi connectivity index (χ0v) is 20.3. The number of ketones is 1. The van der Waals surface area contributed by atoms with Gasteiger partial charge in [0.25, 0.3) is 0 Å². The average molecular weight is 466 g/mol. The van der Waals surface area contributed by atoms with Gasteiger partial charge in [0.15, 0.2) is 5.78 Å². The van der Waals surface area contributed by atoms with Crippen molar-refractivity contribution in [2.45, 2.75) is 45.8 Å². The molecule has 0 aliphatic carbocycles. The van der Waals surface area contributed by atoms with Crippen LogP contribution in [0, 0.1) is 0 Å². The summed E-state index contributed by atoms with van der Waals surface area (Å²) < 4.78 is 12.4. The Morgan fingerprint density at radius 1 is 1.09 bits per heavy atom. The number of pyridine rings is 1. The molecular weight excluding hydrogens is 438 g/mol. The van der Waals surface area contributed by atoms with Gasteiger partial charge in [-0.15, -0.1) is 0 Å². The number of fused-ring (bicyclic) bond motifs is 3. The van der Waals surface area contributed by atoms with E-state index < -0.39 is 11.7 Å². The van der Waals surface area contributed by atoms with Crippen molar-refractivity contribution in [1.29, 1.82) is 0 Å². The molecule has 0 fully saturated rings. The molecule has 0 bridgehead atoms. The lowest BCUT2D eigenvalue weighted by Gasteiger charge is -2.29. The third-order valence-corrected chi connectivity index (χ3v) is 6.61. The molecule has 6 rings (SSSR count). The molecule has 0 saturated heterocycles. The molecule has 1 aliphatic rings. The van der Waals surface area contributed by atoms with E-state index in [-0.39, 0.29) is 5.78 Å². The molecule has 1 atom stereocenters. The molecule has 6 heteroatoms.